The summed E-state index contributed by atoms with van der Waals surface area (Å²) in [5, 5.41) is 14.9. The molecule has 1 amide bonds. The molecule has 1 aliphatic rings. The zero-order chi connectivity index (χ0) is 25.1. The zero-order valence-corrected chi connectivity index (χ0v) is 21.2. The molecular formula is C26H24N4O4S2. The normalized spacial score (nSPS) is 12.8. The number of nitrogens with one attached hydrogen (secondary N) is 1. The van der Waals surface area contributed by atoms with Crippen LogP contribution < -0.4 is 15.7 Å². The van der Waals surface area contributed by atoms with E-state index in [2.05, 4.69) is 10.5 Å². The molecule has 2 N–H and O–H groups in total. The Morgan fingerprint density at radius 3 is 2.83 bits per heavy atom. The fourth-order valence-electron chi connectivity index (χ4n) is 4.14. The molecule has 0 atom stereocenters. The van der Waals surface area contributed by atoms with Crippen LogP contribution in [0.4, 0.5) is 0 Å². The minimum absolute atomic E-state index is 0.0121. The van der Waals surface area contributed by atoms with Crippen molar-refractivity contribution in [1.82, 2.24) is 15.0 Å². The van der Waals surface area contributed by atoms with Gasteiger partial charge in [-0.2, -0.15) is 5.10 Å². The van der Waals surface area contributed by atoms with Crippen molar-refractivity contribution in [2.45, 2.75) is 31.3 Å². The Balaban J connectivity index is 1.42. The van der Waals surface area contributed by atoms with Gasteiger partial charge in [-0.15, -0.1) is 11.3 Å². The molecule has 0 unspecified atom stereocenters. The predicted octanol–water partition coefficient (Wildman–Crippen LogP) is 4.28. The highest BCUT2D eigenvalue weighted by Gasteiger charge is 2.24. The lowest BCUT2D eigenvalue weighted by atomic mass is 10.2. The third kappa shape index (κ3) is 4.87. The number of rotatable bonds is 8. The van der Waals surface area contributed by atoms with Gasteiger partial charge in [-0.25, -0.2) is 10.4 Å². The third-order valence-electron chi connectivity index (χ3n) is 5.78. The second kappa shape index (κ2) is 10.5. The SMILES string of the molecule is CCOc1ccc(-n2c(SCC(=O)NN=Cc3ccccc3O)nc3sc4c(c3c2=O)CCC4)cc1. The van der Waals surface area contributed by atoms with Gasteiger partial charge in [0.15, 0.2) is 5.16 Å². The number of amides is 1. The van der Waals surface area contributed by atoms with Crippen LogP contribution in [0.3, 0.4) is 0 Å². The molecule has 0 bridgehead atoms. The Hall–Kier alpha value is -3.63. The van der Waals surface area contributed by atoms with Crippen molar-refractivity contribution in [3.63, 3.8) is 0 Å². The van der Waals surface area contributed by atoms with Gasteiger partial charge in [-0.1, -0.05) is 23.9 Å². The van der Waals surface area contributed by atoms with Gasteiger partial charge < -0.3 is 9.84 Å². The third-order valence-corrected chi connectivity index (χ3v) is 7.90. The number of aromatic nitrogens is 2. The molecule has 0 spiro atoms. The number of aryl methyl sites for hydroxylation is 2. The maximum Gasteiger partial charge on any atom is 0.267 e. The molecule has 0 saturated carbocycles. The topological polar surface area (TPSA) is 106 Å². The molecule has 5 rings (SSSR count). The lowest BCUT2D eigenvalue weighted by Gasteiger charge is -2.13. The van der Waals surface area contributed by atoms with Gasteiger partial charge in [0, 0.05) is 10.4 Å². The number of benzene rings is 2. The second-order valence-corrected chi connectivity index (χ2v) is 10.2. The van der Waals surface area contributed by atoms with E-state index in [0.717, 1.165) is 30.6 Å². The number of hydrazone groups is 1. The largest absolute Gasteiger partial charge is 0.507 e. The van der Waals surface area contributed by atoms with Crippen LogP contribution in [0.1, 0.15) is 29.3 Å². The molecule has 184 valence electrons. The number of carbonyl (C=O) groups excluding carboxylic acids is 1. The summed E-state index contributed by atoms with van der Waals surface area (Å²) in [6, 6.07) is 14.0. The molecular weight excluding hydrogens is 496 g/mol. The Morgan fingerprint density at radius 1 is 1.25 bits per heavy atom. The summed E-state index contributed by atoms with van der Waals surface area (Å²) in [5.41, 5.74) is 4.61. The van der Waals surface area contributed by atoms with Crippen LogP contribution in [0, 0.1) is 0 Å². The average molecular weight is 521 g/mol. The summed E-state index contributed by atoms with van der Waals surface area (Å²) in [5.74, 6) is 0.450. The second-order valence-electron chi connectivity index (χ2n) is 8.14. The van der Waals surface area contributed by atoms with Crippen molar-refractivity contribution in [1.29, 1.82) is 0 Å². The predicted molar refractivity (Wildman–Crippen MR) is 143 cm³/mol. The molecule has 0 fully saturated rings. The number of fused-ring (bicyclic) bond motifs is 3. The Bertz CT molecular complexity index is 1510. The van der Waals surface area contributed by atoms with Gasteiger partial charge in [-0.3, -0.25) is 14.2 Å². The fraction of sp³-hybridized carbons (Fsp3) is 0.231. The minimum atomic E-state index is -0.354. The van der Waals surface area contributed by atoms with Crippen LogP contribution in [0.25, 0.3) is 15.9 Å². The van der Waals surface area contributed by atoms with E-state index in [4.69, 9.17) is 9.72 Å². The van der Waals surface area contributed by atoms with Crippen molar-refractivity contribution >= 4 is 45.4 Å². The molecule has 4 aromatic rings. The number of thiophene rings is 1. The standard InChI is InChI=1S/C26H24N4O4S2/c1-2-34-18-12-10-17(11-13-18)30-25(33)23-19-7-5-9-21(19)36-24(23)28-26(30)35-15-22(32)29-27-14-16-6-3-4-8-20(16)31/h3-4,6,8,10-14,31H,2,5,7,9,15H2,1H3,(H,29,32). The number of nitrogens with zero attached hydrogens (tertiary/aromatic N) is 3. The zero-order valence-electron chi connectivity index (χ0n) is 19.6. The number of phenolic OH excluding ortho intramolecular Hbond substituents is 1. The van der Waals surface area contributed by atoms with Crippen LogP contribution >= 0.6 is 23.1 Å². The van der Waals surface area contributed by atoms with Crippen molar-refractivity contribution in [2.24, 2.45) is 5.10 Å². The smallest absolute Gasteiger partial charge is 0.267 e. The average Bonchev–Trinajstić information content (AvgIpc) is 3.46. The summed E-state index contributed by atoms with van der Waals surface area (Å²) in [4.78, 5) is 33.0. The maximum absolute atomic E-state index is 13.7. The fourth-order valence-corrected chi connectivity index (χ4v) is 6.25. The highest BCUT2D eigenvalue weighted by molar-refractivity contribution is 7.99. The molecule has 2 aromatic heterocycles. The van der Waals surface area contributed by atoms with Crippen LogP contribution in [-0.2, 0) is 17.6 Å². The molecule has 2 aromatic carbocycles. The molecule has 8 nitrogen and oxygen atoms in total. The Morgan fingerprint density at radius 2 is 2.06 bits per heavy atom. The molecule has 1 aliphatic carbocycles. The van der Waals surface area contributed by atoms with E-state index in [0.29, 0.717) is 33.2 Å². The number of thioether (sulfide) groups is 1. The summed E-state index contributed by atoms with van der Waals surface area (Å²) < 4.78 is 7.12. The molecule has 2 heterocycles. The van der Waals surface area contributed by atoms with Gasteiger partial charge in [-0.05, 0) is 68.1 Å². The maximum atomic E-state index is 13.7. The van der Waals surface area contributed by atoms with Gasteiger partial charge in [0.25, 0.3) is 11.5 Å². The van der Waals surface area contributed by atoms with E-state index in [-0.39, 0.29) is 23.0 Å². The van der Waals surface area contributed by atoms with Crippen molar-refractivity contribution < 1.29 is 14.6 Å². The lowest BCUT2D eigenvalue weighted by Crippen LogP contribution is -2.24. The quantitative estimate of drug-likeness (QED) is 0.155. The van der Waals surface area contributed by atoms with Gasteiger partial charge in [0.05, 0.1) is 29.6 Å². The van der Waals surface area contributed by atoms with E-state index in [1.54, 1.807) is 40.2 Å². The monoisotopic (exact) mass is 520 g/mol. The minimum Gasteiger partial charge on any atom is -0.507 e. The highest BCUT2D eigenvalue weighted by Crippen LogP contribution is 2.36. The number of aromatic hydroxyl groups is 1. The van der Waals surface area contributed by atoms with E-state index in [1.807, 2.05) is 31.2 Å². The number of hydrogen-bond donors (Lipinski definition) is 2. The molecule has 0 radical (unpaired) electrons. The van der Waals surface area contributed by atoms with Crippen molar-refractivity contribution in [3.05, 3.63) is 74.9 Å². The van der Waals surface area contributed by atoms with E-state index < -0.39 is 0 Å². The summed E-state index contributed by atoms with van der Waals surface area (Å²) in [6.45, 7) is 2.47. The van der Waals surface area contributed by atoms with Crippen LogP contribution in [0.2, 0.25) is 0 Å². The van der Waals surface area contributed by atoms with Gasteiger partial charge >= 0.3 is 0 Å². The van der Waals surface area contributed by atoms with E-state index >= 15 is 0 Å². The summed E-state index contributed by atoms with van der Waals surface area (Å²) >= 11 is 2.74. The van der Waals surface area contributed by atoms with Crippen molar-refractivity contribution in [2.75, 3.05) is 12.4 Å². The van der Waals surface area contributed by atoms with Gasteiger partial charge in [0.2, 0.25) is 0 Å². The first kappa shape index (κ1) is 24.1. The number of carbonyl (C=O) groups is 1. The van der Waals surface area contributed by atoms with Crippen LogP contribution in [0.5, 0.6) is 11.5 Å². The first-order valence-electron chi connectivity index (χ1n) is 11.6. The van der Waals surface area contributed by atoms with Crippen LogP contribution in [-0.4, -0.2) is 39.1 Å². The van der Waals surface area contributed by atoms with Crippen LogP contribution in [0.15, 0.2) is 63.6 Å². The number of para-hydroxylation sites is 1. The van der Waals surface area contributed by atoms with E-state index in [1.165, 1.54) is 22.9 Å². The first-order chi connectivity index (χ1) is 17.5. The Kier molecular flexibility index (Phi) is 7.06. The van der Waals surface area contributed by atoms with Crippen molar-refractivity contribution in [3.8, 4) is 17.2 Å². The molecule has 10 heteroatoms. The number of phenols is 1. The lowest BCUT2D eigenvalue weighted by molar-refractivity contribution is -0.118. The molecule has 0 aliphatic heterocycles. The van der Waals surface area contributed by atoms with Gasteiger partial charge in [0.1, 0.15) is 16.3 Å². The number of hydrogen-bond acceptors (Lipinski definition) is 8. The van der Waals surface area contributed by atoms with E-state index in [9.17, 15) is 14.7 Å². The number of ether oxygens (including phenoxy) is 1. The summed E-state index contributed by atoms with van der Waals surface area (Å²) in [6.07, 6.45) is 4.29. The first-order valence-corrected chi connectivity index (χ1v) is 13.4. The molecule has 0 saturated heterocycles. The highest BCUT2D eigenvalue weighted by atomic mass is 32.2. The Labute approximate surface area is 215 Å². The summed E-state index contributed by atoms with van der Waals surface area (Å²) in [7, 11) is 0. The molecule has 36 heavy (non-hydrogen) atoms.